The average Bonchev–Trinajstić information content (AvgIpc) is 3.38. The fourth-order valence-electron chi connectivity index (χ4n) is 2.25. The minimum Gasteiger partial charge on any atom is -0.462 e. The molecular formula is C19H19N3O5S. The Morgan fingerprint density at radius 1 is 1.21 bits per heavy atom. The first-order valence-electron chi connectivity index (χ1n) is 8.62. The van der Waals surface area contributed by atoms with Crippen LogP contribution in [-0.4, -0.2) is 39.0 Å². The van der Waals surface area contributed by atoms with E-state index in [2.05, 4.69) is 15.2 Å². The summed E-state index contributed by atoms with van der Waals surface area (Å²) in [4.78, 5) is 28.1. The second-order valence-electron chi connectivity index (χ2n) is 5.73. The van der Waals surface area contributed by atoms with Gasteiger partial charge in [-0.1, -0.05) is 23.9 Å². The number of hydrogen-bond donors (Lipinski definition) is 1. The summed E-state index contributed by atoms with van der Waals surface area (Å²) in [7, 11) is 0. The van der Waals surface area contributed by atoms with Crippen LogP contribution in [0.3, 0.4) is 0 Å². The largest absolute Gasteiger partial charge is 0.462 e. The van der Waals surface area contributed by atoms with E-state index in [4.69, 9.17) is 13.9 Å². The Balaban J connectivity index is 1.50. The summed E-state index contributed by atoms with van der Waals surface area (Å²) in [6.45, 7) is 3.90. The van der Waals surface area contributed by atoms with E-state index in [1.807, 2.05) is 0 Å². The first-order valence-corrected chi connectivity index (χ1v) is 9.50. The maximum absolute atomic E-state index is 12.2. The van der Waals surface area contributed by atoms with E-state index in [-0.39, 0.29) is 18.5 Å². The highest BCUT2D eigenvalue weighted by Crippen LogP contribution is 2.23. The van der Waals surface area contributed by atoms with Crippen LogP contribution in [0.15, 0.2) is 52.2 Å². The molecule has 1 unspecified atom stereocenters. The van der Waals surface area contributed by atoms with E-state index < -0.39 is 5.25 Å². The number of esters is 2. The number of hydrogen-bond acceptors (Lipinski definition) is 8. The Kier molecular flexibility index (Phi) is 6.49. The molecule has 0 saturated carbocycles. The number of carbonyl (C=O) groups excluding carboxylic acids is 2. The molecule has 0 aliphatic rings. The van der Waals surface area contributed by atoms with Crippen LogP contribution in [0.4, 0.5) is 0 Å². The lowest BCUT2D eigenvalue weighted by atomic mass is 10.1. The summed E-state index contributed by atoms with van der Waals surface area (Å²) in [6, 6.07) is 10.3. The number of H-pyrrole nitrogens is 1. The molecule has 0 aliphatic carbocycles. The minimum absolute atomic E-state index is 0.110. The maximum atomic E-state index is 12.2. The molecule has 8 nitrogen and oxygen atoms in total. The lowest BCUT2D eigenvalue weighted by molar-refractivity contribution is -0.143. The Hall–Kier alpha value is -3.07. The van der Waals surface area contributed by atoms with Crippen molar-refractivity contribution in [3.8, 4) is 11.6 Å². The number of aromatic amines is 1. The summed E-state index contributed by atoms with van der Waals surface area (Å²) < 4.78 is 15.5. The van der Waals surface area contributed by atoms with Crippen molar-refractivity contribution in [1.29, 1.82) is 0 Å². The highest BCUT2D eigenvalue weighted by molar-refractivity contribution is 8.00. The smallest absolute Gasteiger partial charge is 0.338 e. The van der Waals surface area contributed by atoms with Crippen LogP contribution in [0.25, 0.3) is 11.6 Å². The number of ether oxygens (including phenoxy) is 2. The molecule has 2 heterocycles. The van der Waals surface area contributed by atoms with Gasteiger partial charge in [-0.3, -0.25) is 9.89 Å². The number of benzene rings is 1. The lowest BCUT2D eigenvalue weighted by Crippen LogP contribution is -2.17. The third-order valence-electron chi connectivity index (χ3n) is 3.68. The first-order chi connectivity index (χ1) is 13.6. The van der Waals surface area contributed by atoms with E-state index >= 15 is 0 Å². The summed E-state index contributed by atoms with van der Waals surface area (Å²) in [6.07, 6.45) is 1.55. The quantitative estimate of drug-likeness (QED) is 0.452. The maximum Gasteiger partial charge on any atom is 0.338 e. The molecule has 0 amide bonds. The molecule has 0 saturated heterocycles. The van der Waals surface area contributed by atoms with Crippen LogP contribution in [0.2, 0.25) is 0 Å². The normalized spacial score (nSPS) is 11.8. The van der Waals surface area contributed by atoms with Gasteiger partial charge in [0.1, 0.15) is 11.9 Å². The Bertz CT molecular complexity index is 921. The summed E-state index contributed by atoms with van der Waals surface area (Å²) in [5, 5.41) is 6.78. The molecule has 2 aromatic heterocycles. The van der Waals surface area contributed by atoms with Crippen molar-refractivity contribution in [2.45, 2.75) is 30.9 Å². The predicted molar refractivity (Wildman–Crippen MR) is 102 cm³/mol. The fraction of sp³-hybridized carbons (Fsp3) is 0.263. The summed E-state index contributed by atoms with van der Waals surface area (Å²) in [5.41, 5.74) is 1.23. The summed E-state index contributed by atoms with van der Waals surface area (Å²) in [5.74, 6) is 0.302. The second kappa shape index (κ2) is 9.23. The molecule has 0 spiro atoms. The topological polar surface area (TPSA) is 107 Å². The fourth-order valence-corrected chi connectivity index (χ4v) is 2.97. The van der Waals surface area contributed by atoms with Crippen molar-refractivity contribution in [2.75, 3.05) is 6.61 Å². The lowest BCUT2D eigenvalue weighted by Gasteiger charge is -2.10. The number of carbonyl (C=O) groups is 2. The molecule has 9 heteroatoms. The molecule has 3 aromatic rings. The van der Waals surface area contributed by atoms with Gasteiger partial charge in [0.15, 0.2) is 11.6 Å². The third kappa shape index (κ3) is 5.01. The van der Waals surface area contributed by atoms with Crippen molar-refractivity contribution < 1.29 is 23.5 Å². The Morgan fingerprint density at radius 3 is 2.68 bits per heavy atom. The van der Waals surface area contributed by atoms with E-state index in [0.29, 0.717) is 28.9 Å². The Morgan fingerprint density at radius 2 is 2.00 bits per heavy atom. The molecule has 0 bridgehead atoms. The number of rotatable bonds is 8. The zero-order chi connectivity index (χ0) is 19.9. The van der Waals surface area contributed by atoms with Gasteiger partial charge >= 0.3 is 11.9 Å². The van der Waals surface area contributed by atoms with Crippen molar-refractivity contribution in [2.24, 2.45) is 0 Å². The van der Waals surface area contributed by atoms with E-state index in [1.54, 1.807) is 56.5 Å². The highest BCUT2D eigenvalue weighted by atomic mass is 32.2. The van der Waals surface area contributed by atoms with Crippen LogP contribution >= 0.6 is 11.8 Å². The molecule has 0 radical (unpaired) electrons. The van der Waals surface area contributed by atoms with Gasteiger partial charge in [-0.15, -0.1) is 5.10 Å². The van der Waals surface area contributed by atoms with E-state index in [9.17, 15) is 9.59 Å². The standard InChI is InChI=1S/C19H19N3O5S/c1-3-25-18(24)14-8-6-13(7-9-14)11-27-17(23)12(2)28-19-20-16(21-22-19)15-5-4-10-26-15/h4-10,12H,3,11H2,1-2H3,(H,20,21,22). The molecule has 28 heavy (non-hydrogen) atoms. The van der Waals surface area contributed by atoms with Crippen molar-refractivity contribution >= 4 is 23.7 Å². The number of thioether (sulfide) groups is 1. The molecule has 146 valence electrons. The van der Waals surface area contributed by atoms with Gasteiger partial charge in [-0.05, 0) is 43.7 Å². The van der Waals surface area contributed by atoms with Crippen molar-refractivity contribution in [3.05, 3.63) is 53.8 Å². The second-order valence-corrected chi connectivity index (χ2v) is 7.04. The van der Waals surface area contributed by atoms with Crippen molar-refractivity contribution in [3.63, 3.8) is 0 Å². The summed E-state index contributed by atoms with van der Waals surface area (Å²) >= 11 is 1.19. The molecule has 1 aromatic carbocycles. The number of aromatic nitrogens is 3. The first kappa shape index (κ1) is 19.7. The zero-order valence-electron chi connectivity index (χ0n) is 15.4. The SMILES string of the molecule is CCOC(=O)c1ccc(COC(=O)C(C)Sc2n[nH]c(-c3ccco3)n2)cc1. The average molecular weight is 401 g/mol. The van der Waals surface area contributed by atoms with Crippen molar-refractivity contribution in [1.82, 2.24) is 15.2 Å². The van der Waals surface area contributed by atoms with Gasteiger partial charge in [0.2, 0.25) is 5.16 Å². The molecule has 3 rings (SSSR count). The van der Waals surface area contributed by atoms with Crippen LogP contribution in [-0.2, 0) is 20.9 Å². The number of nitrogens with one attached hydrogen (secondary N) is 1. The monoisotopic (exact) mass is 401 g/mol. The van der Waals surface area contributed by atoms with Gasteiger partial charge in [0.05, 0.1) is 18.4 Å². The molecule has 0 aliphatic heterocycles. The van der Waals surface area contributed by atoms with Gasteiger partial charge < -0.3 is 13.9 Å². The van der Waals surface area contributed by atoms with Gasteiger partial charge in [0, 0.05) is 0 Å². The van der Waals surface area contributed by atoms with Gasteiger partial charge in [0.25, 0.3) is 0 Å². The predicted octanol–water partition coefficient (Wildman–Crippen LogP) is 3.47. The van der Waals surface area contributed by atoms with Crippen LogP contribution < -0.4 is 0 Å². The van der Waals surface area contributed by atoms with Gasteiger partial charge in [-0.2, -0.15) is 4.98 Å². The minimum atomic E-state index is -0.487. The van der Waals surface area contributed by atoms with Gasteiger partial charge in [-0.25, -0.2) is 4.79 Å². The molecule has 0 fully saturated rings. The number of nitrogens with zero attached hydrogens (tertiary/aromatic N) is 2. The highest BCUT2D eigenvalue weighted by Gasteiger charge is 2.19. The molecule has 1 atom stereocenters. The zero-order valence-corrected chi connectivity index (χ0v) is 16.2. The molecule has 1 N–H and O–H groups in total. The van der Waals surface area contributed by atoms with Crippen LogP contribution in [0, 0.1) is 0 Å². The molecular weight excluding hydrogens is 382 g/mol. The Labute approximate surface area is 165 Å². The number of furan rings is 1. The van der Waals surface area contributed by atoms with Crippen LogP contribution in [0.5, 0.6) is 0 Å². The van der Waals surface area contributed by atoms with E-state index in [1.165, 1.54) is 11.8 Å². The van der Waals surface area contributed by atoms with E-state index in [0.717, 1.165) is 5.56 Å². The van der Waals surface area contributed by atoms with Crippen LogP contribution in [0.1, 0.15) is 29.8 Å². The third-order valence-corrected chi connectivity index (χ3v) is 4.62.